The van der Waals surface area contributed by atoms with Crippen LogP contribution in [-0.4, -0.2) is 24.0 Å². The normalized spacial score (nSPS) is 10.3. The van der Waals surface area contributed by atoms with Crippen LogP contribution in [0, 0.1) is 5.41 Å². The fourth-order valence-electron chi connectivity index (χ4n) is 0. The lowest BCUT2D eigenvalue weighted by molar-refractivity contribution is 0.105. The van der Waals surface area contributed by atoms with Gasteiger partial charge >= 0.3 is 0 Å². The van der Waals surface area contributed by atoms with Gasteiger partial charge in [0.15, 0.2) is 17.4 Å². The quantitative estimate of drug-likeness (QED) is 0.406. The van der Waals surface area contributed by atoms with Crippen molar-refractivity contribution in [2.24, 2.45) is 5.41 Å². The van der Waals surface area contributed by atoms with Crippen molar-refractivity contribution in [3.8, 4) is 0 Å². The van der Waals surface area contributed by atoms with Crippen LogP contribution >= 0.6 is 0 Å². The third-order valence-electron chi connectivity index (χ3n) is 0.433. The predicted molar refractivity (Wildman–Crippen MR) is 34.9 cm³/mol. The van der Waals surface area contributed by atoms with E-state index in [2.05, 4.69) is 0 Å². The number of rotatable bonds is 0. The maximum Gasteiger partial charge on any atom is 0.187 e. The van der Waals surface area contributed by atoms with Gasteiger partial charge in [-0.05, 0) is 5.41 Å². The van der Waals surface area contributed by atoms with Crippen LogP contribution in [0.1, 0.15) is 20.8 Å². The molecule has 0 heterocycles. The molecule has 0 aliphatic heterocycles. The Morgan fingerprint density at radius 1 is 1.29 bits per heavy atom. The molecule has 0 atom stereocenters. The second-order valence-electron chi connectivity index (χ2n) is 2.70. The van der Waals surface area contributed by atoms with Crippen LogP contribution in [0.2, 0.25) is 0 Å². The molecule has 0 aliphatic rings. The Balaban J connectivity index is 0. The van der Waals surface area contributed by atoms with E-state index in [0.717, 1.165) is 0 Å². The van der Waals surface area contributed by atoms with Crippen LogP contribution in [0.25, 0.3) is 0 Å². The predicted octanol–water partition coefficient (Wildman–Crippen LogP) is 0.279. The molecule has 0 spiro atoms. The summed E-state index contributed by atoms with van der Waals surface area (Å²) in [6.07, 6.45) is 0. The molecule has 1 nitrogen and oxygen atoms in total. The zero-order valence-electron chi connectivity index (χ0n) is 4.62. The lowest BCUT2D eigenvalue weighted by atomic mass is 9.99. The molecule has 0 N–H and O–H groups in total. The van der Waals surface area contributed by atoms with Crippen molar-refractivity contribution in [1.82, 2.24) is 0 Å². The molecule has 0 aliphatic carbocycles. The van der Waals surface area contributed by atoms with E-state index in [9.17, 15) is 5.11 Å². The highest BCUT2D eigenvalue weighted by molar-refractivity contribution is 5.75. The summed E-state index contributed by atoms with van der Waals surface area (Å²) in [5, 5.41) is 9.95. The minimum absolute atomic E-state index is 0. The van der Waals surface area contributed by atoms with E-state index in [-0.39, 0.29) is 29.4 Å². The van der Waals surface area contributed by atoms with Crippen molar-refractivity contribution in [3.05, 3.63) is 0 Å². The summed E-state index contributed by atoms with van der Waals surface area (Å²) >= 11 is 0. The molecule has 0 aromatic heterocycles. The Labute approximate surface area is 55.9 Å². The fraction of sp³-hybridized carbons (Fsp3) is 1.00. The minimum atomic E-state index is -0.0139. The van der Waals surface area contributed by atoms with Gasteiger partial charge < -0.3 is 0 Å². The Morgan fingerprint density at radius 2 is 1.43 bits per heavy atom. The van der Waals surface area contributed by atoms with Crippen LogP contribution < -0.4 is 0 Å². The van der Waals surface area contributed by atoms with E-state index >= 15 is 0 Å². The molecule has 0 amide bonds. The van der Waals surface area contributed by atoms with Gasteiger partial charge in [0.2, 0.25) is 0 Å². The first-order valence-corrected chi connectivity index (χ1v) is 2.14. The zero-order chi connectivity index (χ0) is 5.21. The van der Waals surface area contributed by atoms with Gasteiger partial charge in [0.25, 0.3) is 0 Å². The molecule has 0 saturated carbocycles. The van der Waals surface area contributed by atoms with Gasteiger partial charge in [0, 0.05) is 0 Å². The standard InChI is InChI=1S/C5H11O.Al.3H/c1-5(2,3)4-6;;;;/h4H2,1-3H3;;;;. The Kier molecular flexibility index (Phi) is 5.22. The smallest absolute Gasteiger partial charge is 0.187 e. The van der Waals surface area contributed by atoms with E-state index in [1.165, 1.54) is 0 Å². The molecule has 43 valence electrons. The van der Waals surface area contributed by atoms with Gasteiger partial charge in [-0.25, -0.2) is 5.11 Å². The van der Waals surface area contributed by atoms with Crippen LogP contribution in [0.4, 0.5) is 0 Å². The number of hydrogen-bond donors (Lipinski definition) is 0. The Hall–Kier alpha value is 0.492. The van der Waals surface area contributed by atoms with Gasteiger partial charge in [-0.15, -0.1) is 0 Å². The summed E-state index contributed by atoms with van der Waals surface area (Å²) in [4.78, 5) is 0. The molecule has 0 rings (SSSR count). The highest BCUT2D eigenvalue weighted by Crippen LogP contribution is 2.09. The number of hydrogen-bond acceptors (Lipinski definition) is 0. The van der Waals surface area contributed by atoms with Crippen LogP contribution in [0.15, 0.2) is 0 Å². The highest BCUT2D eigenvalue weighted by atomic mass is 27.0. The molecule has 0 aromatic rings. The SMILES string of the molecule is CC(C)(C)C[O].[AlH3]. The second-order valence-corrected chi connectivity index (χ2v) is 2.70. The first-order valence-electron chi connectivity index (χ1n) is 2.14. The topological polar surface area (TPSA) is 19.9 Å². The van der Waals surface area contributed by atoms with Crippen molar-refractivity contribution in [3.63, 3.8) is 0 Å². The first kappa shape index (κ1) is 10.5. The largest absolute Gasteiger partial charge is 0.236 e. The first-order chi connectivity index (χ1) is 2.56. The molecule has 2 heteroatoms. The molecule has 7 heavy (non-hydrogen) atoms. The van der Waals surface area contributed by atoms with Crippen molar-refractivity contribution in [2.45, 2.75) is 20.8 Å². The Bertz CT molecular complexity index is 37.8. The van der Waals surface area contributed by atoms with Gasteiger partial charge in [-0.1, -0.05) is 20.8 Å². The summed E-state index contributed by atoms with van der Waals surface area (Å²) in [6, 6.07) is 0. The van der Waals surface area contributed by atoms with Gasteiger partial charge in [-0.2, -0.15) is 0 Å². The summed E-state index contributed by atoms with van der Waals surface area (Å²) in [7, 11) is 0. The Morgan fingerprint density at radius 3 is 1.43 bits per heavy atom. The van der Waals surface area contributed by atoms with Crippen LogP contribution in [0.5, 0.6) is 0 Å². The van der Waals surface area contributed by atoms with E-state index in [1.807, 2.05) is 20.8 Å². The monoisotopic (exact) mass is 117 g/mol. The van der Waals surface area contributed by atoms with Crippen molar-refractivity contribution in [1.29, 1.82) is 0 Å². The lowest BCUT2D eigenvalue weighted by Gasteiger charge is -2.09. The summed E-state index contributed by atoms with van der Waals surface area (Å²) < 4.78 is 0. The van der Waals surface area contributed by atoms with Gasteiger partial charge in [-0.3, -0.25) is 0 Å². The van der Waals surface area contributed by atoms with Crippen LogP contribution in [0.3, 0.4) is 0 Å². The average Bonchev–Trinajstić information content (AvgIpc) is 1.35. The molecule has 0 fully saturated rings. The van der Waals surface area contributed by atoms with E-state index in [0.29, 0.717) is 0 Å². The molecular formula is C5H14AlO. The molecular weight excluding hydrogens is 103 g/mol. The van der Waals surface area contributed by atoms with Crippen molar-refractivity contribution < 1.29 is 5.11 Å². The van der Waals surface area contributed by atoms with Crippen LogP contribution in [-0.2, 0) is 5.11 Å². The summed E-state index contributed by atoms with van der Waals surface area (Å²) in [5.41, 5.74) is -0.0139. The van der Waals surface area contributed by atoms with Crippen molar-refractivity contribution in [2.75, 3.05) is 6.61 Å². The summed E-state index contributed by atoms with van der Waals surface area (Å²) in [6.45, 7) is 5.81. The lowest BCUT2D eigenvalue weighted by Crippen LogP contribution is -2.08. The van der Waals surface area contributed by atoms with Crippen molar-refractivity contribution >= 4 is 17.4 Å². The molecule has 1 radical (unpaired) electrons. The maximum absolute atomic E-state index is 9.95. The average molecular weight is 117 g/mol. The van der Waals surface area contributed by atoms with E-state index in [4.69, 9.17) is 0 Å². The third kappa shape index (κ3) is 10.7. The summed E-state index contributed by atoms with van der Waals surface area (Å²) in [5.74, 6) is 0. The fourth-order valence-corrected chi connectivity index (χ4v) is 0. The second kappa shape index (κ2) is 3.49. The molecule has 0 unspecified atom stereocenters. The maximum atomic E-state index is 9.95. The van der Waals surface area contributed by atoms with Gasteiger partial charge in [0.05, 0.1) is 6.61 Å². The van der Waals surface area contributed by atoms with E-state index < -0.39 is 0 Å². The zero-order valence-corrected chi connectivity index (χ0v) is 4.62. The highest BCUT2D eigenvalue weighted by Gasteiger charge is 2.06. The van der Waals surface area contributed by atoms with E-state index in [1.54, 1.807) is 0 Å². The minimum Gasteiger partial charge on any atom is -0.236 e. The van der Waals surface area contributed by atoms with Gasteiger partial charge in [0.1, 0.15) is 0 Å². The molecule has 0 saturated heterocycles. The molecule has 0 aromatic carbocycles. The molecule has 0 bridgehead atoms. The third-order valence-corrected chi connectivity index (χ3v) is 0.433.